The first-order chi connectivity index (χ1) is 19.2. The quantitative estimate of drug-likeness (QED) is 0.186. The lowest BCUT2D eigenvalue weighted by Crippen LogP contribution is -2.16. The number of nitrogens with zero attached hydrogens (tertiary/aromatic N) is 2. The van der Waals surface area contributed by atoms with E-state index in [1.54, 1.807) is 19.1 Å². The van der Waals surface area contributed by atoms with Crippen molar-refractivity contribution in [2.24, 2.45) is 0 Å². The summed E-state index contributed by atoms with van der Waals surface area (Å²) in [4.78, 5) is 31.1. The Bertz CT molecular complexity index is 1790. The molecule has 6 rings (SSSR count). The number of rotatable bonds is 8. The van der Waals surface area contributed by atoms with Gasteiger partial charge in [-0.15, -0.1) is 0 Å². The van der Waals surface area contributed by atoms with Gasteiger partial charge in [0.05, 0.1) is 5.56 Å². The molecule has 0 bridgehead atoms. The van der Waals surface area contributed by atoms with E-state index in [-0.39, 0.29) is 22.8 Å². The standard InChI is InChI=1S/C33H29FN2O4/c1-5-27(37)30-26-15-22(8-11-29(26)39-31(30)21-6-9-23(34)10-7-21)24-16-25(19(3)14-18(24)2)28(38)17-33(12-13-33)32-35-20(4)40-36-32/h6-11,14-16H,5,12-13,17H2,1-4H3. The van der Waals surface area contributed by atoms with Crippen molar-refractivity contribution in [1.82, 2.24) is 10.1 Å². The van der Waals surface area contributed by atoms with E-state index >= 15 is 0 Å². The molecular formula is C33H29FN2O4. The van der Waals surface area contributed by atoms with Crippen LogP contribution in [0.2, 0.25) is 0 Å². The van der Waals surface area contributed by atoms with Crippen LogP contribution in [-0.2, 0) is 5.41 Å². The van der Waals surface area contributed by atoms with Crippen LogP contribution < -0.4 is 0 Å². The maximum atomic E-state index is 13.6. The number of furan rings is 1. The number of ketones is 2. The average molecular weight is 537 g/mol. The second-order valence-electron chi connectivity index (χ2n) is 10.8. The number of hydrogen-bond acceptors (Lipinski definition) is 6. The van der Waals surface area contributed by atoms with Crippen LogP contribution in [0.25, 0.3) is 33.4 Å². The summed E-state index contributed by atoms with van der Waals surface area (Å²) < 4.78 is 24.9. The van der Waals surface area contributed by atoms with Gasteiger partial charge in [0.15, 0.2) is 17.4 Å². The minimum atomic E-state index is -0.356. The Kier molecular flexibility index (Phi) is 6.25. The molecule has 2 aromatic heterocycles. The zero-order valence-corrected chi connectivity index (χ0v) is 22.9. The first-order valence-corrected chi connectivity index (χ1v) is 13.5. The van der Waals surface area contributed by atoms with Crippen molar-refractivity contribution in [1.29, 1.82) is 0 Å². The van der Waals surface area contributed by atoms with E-state index in [1.807, 2.05) is 51.1 Å². The van der Waals surface area contributed by atoms with Crippen molar-refractivity contribution in [3.8, 4) is 22.5 Å². The maximum absolute atomic E-state index is 13.6. The van der Waals surface area contributed by atoms with Crippen LogP contribution in [0.4, 0.5) is 4.39 Å². The summed E-state index contributed by atoms with van der Waals surface area (Å²) in [6.45, 7) is 7.53. The molecular weight excluding hydrogens is 507 g/mol. The van der Waals surface area contributed by atoms with Crippen molar-refractivity contribution >= 4 is 22.5 Å². The van der Waals surface area contributed by atoms with Gasteiger partial charge in [-0.2, -0.15) is 4.98 Å². The molecule has 0 saturated heterocycles. The second-order valence-corrected chi connectivity index (χ2v) is 10.8. The Labute approximate surface area is 231 Å². The molecule has 0 radical (unpaired) electrons. The largest absolute Gasteiger partial charge is 0.455 e. The van der Waals surface area contributed by atoms with E-state index in [2.05, 4.69) is 10.1 Å². The number of carbonyl (C=O) groups excluding carboxylic acids is 2. The monoisotopic (exact) mass is 536 g/mol. The summed E-state index contributed by atoms with van der Waals surface area (Å²) in [7, 11) is 0. The molecule has 0 amide bonds. The number of benzene rings is 3. The van der Waals surface area contributed by atoms with Crippen LogP contribution >= 0.6 is 0 Å². The van der Waals surface area contributed by atoms with Gasteiger partial charge in [0.2, 0.25) is 5.89 Å². The third kappa shape index (κ3) is 4.45. The van der Waals surface area contributed by atoms with Crippen molar-refractivity contribution < 1.29 is 22.9 Å². The topological polar surface area (TPSA) is 86.2 Å². The van der Waals surface area contributed by atoms with Crippen molar-refractivity contribution in [2.75, 3.05) is 0 Å². The molecule has 1 aliphatic carbocycles. The first kappa shape index (κ1) is 25.9. The van der Waals surface area contributed by atoms with Crippen molar-refractivity contribution in [2.45, 2.75) is 58.8 Å². The van der Waals surface area contributed by atoms with Crippen LogP contribution in [0, 0.1) is 26.6 Å². The molecule has 40 heavy (non-hydrogen) atoms. The van der Waals surface area contributed by atoms with E-state index in [0.29, 0.717) is 58.0 Å². The van der Waals surface area contributed by atoms with Crippen LogP contribution in [-0.4, -0.2) is 21.7 Å². The van der Waals surface area contributed by atoms with Crippen LogP contribution in [0.5, 0.6) is 0 Å². The third-order valence-corrected chi connectivity index (χ3v) is 7.93. The highest BCUT2D eigenvalue weighted by molar-refractivity contribution is 6.13. The lowest BCUT2D eigenvalue weighted by atomic mass is 9.88. The van der Waals surface area contributed by atoms with Gasteiger partial charge in [-0.25, -0.2) is 4.39 Å². The van der Waals surface area contributed by atoms with Gasteiger partial charge < -0.3 is 8.94 Å². The third-order valence-electron chi connectivity index (χ3n) is 7.93. The maximum Gasteiger partial charge on any atom is 0.223 e. The van der Waals surface area contributed by atoms with Crippen molar-refractivity contribution in [3.63, 3.8) is 0 Å². The Morgan fingerprint density at radius 2 is 1.65 bits per heavy atom. The highest BCUT2D eigenvalue weighted by Gasteiger charge is 2.50. The Morgan fingerprint density at radius 3 is 2.30 bits per heavy atom. The number of halogens is 1. The van der Waals surface area contributed by atoms with Gasteiger partial charge in [-0.1, -0.05) is 24.2 Å². The molecule has 0 unspecified atom stereocenters. The van der Waals surface area contributed by atoms with Crippen LogP contribution in [0.1, 0.15) is 76.2 Å². The lowest BCUT2D eigenvalue weighted by Gasteiger charge is -2.15. The number of aryl methyl sites for hydroxylation is 3. The van der Waals surface area contributed by atoms with Crippen LogP contribution in [0.3, 0.4) is 0 Å². The summed E-state index contributed by atoms with van der Waals surface area (Å²) >= 11 is 0. The normalized spacial score (nSPS) is 14.0. The number of aromatic nitrogens is 2. The van der Waals surface area contributed by atoms with E-state index < -0.39 is 0 Å². The smallest absolute Gasteiger partial charge is 0.223 e. The zero-order valence-electron chi connectivity index (χ0n) is 22.9. The SMILES string of the molecule is CCC(=O)c1c(-c2ccc(F)cc2)oc2ccc(-c3cc(C(=O)CC4(c5noc(C)n5)CC4)c(C)cc3C)cc12. The first-order valence-electron chi connectivity index (χ1n) is 13.5. The lowest BCUT2D eigenvalue weighted by molar-refractivity contribution is 0.0964. The molecule has 3 aromatic carbocycles. The predicted molar refractivity (Wildman–Crippen MR) is 150 cm³/mol. The van der Waals surface area contributed by atoms with Gasteiger partial charge in [-0.3, -0.25) is 9.59 Å². The molecule has 202 valence electrons. The molecule has 7 heteroatoms. The molecule has 0 spiro atoms. The van der Waals surface area contributed by atoms with Crippen molar-refractivity contribution in [3.05, 3.63) is 94.4 Å². The van der Waals surface area contributed by atoms with E-state index in [0.717, 1.165) is 35.1 Å². The van der Waals surface area contributed by atoms with Gasteiger partial charge in [0.1, 0.15) is 17.2 Å². The molecule has 1 aliphatic rings. The molecule has 1 fully saturated rings. The summed E-state index contributed by atoms with van der Waals surface area (Å²) in [5.74, 6) is 1.17. The van der Waals surface area contributed by atoms with Gasteiger partial charge in [-0.05, 0) is 91.4 Å². The summed E-state index contributed by atoms with van der Waals surface area (Å²) in [6, 6.07) is 15.7. The fourth-order valence-electron chi connectivity index (χ4n) is 5.53. The van der Waals surface area contributed by atoms with E-state index in [9.17, 15) is 14.0 Å². The second kappa shape index (κ2) is 9.66. The van der Waals surface area contributed by atoms with Gasteiger partial charge in [0.25, 0.3) is 0 Å². The number of Topliss-reactive ketones (excluding diaryl/α,β-unsaturated/α-hetero) is 2. The molecule has 5 aromatic rings. The predicted octanol–water partition coefficient (Wildman–Crippen LogP) is 8.11. The van der Waals surface area contributed by atoms with Crippen LogP contribution in [0.15, 0.2) is 63.5 Å². The van der Waals surface area contributed by atoms with Gasteiger partial charge >= 0.3 is 0 Å². The fraction of sp³-hybridized carbons (Fsp3) is 0.273. The average Bonchev–Trinajstić information content (AvgIpc) is 3.40. The minimum absolute atomic E-state index is 0.0449. The summed E-state index contributed by atoms with van der Waals surface area (Å²) in [5.41, 5.74) is 5.74. The number of hydrogen-bond donors (Lipinski definition) is 0. The Hall–Kier alpha value is -4.39. The molecule has 6 nitrogen and oxygen atoms in total. The fourth-order valence-corrected chi connectivity index (χ4v) is 5.53. The highest BCUT2D eigenvalue weighted by atomic mass is 19.1. The number of fused-ring (bicyclic) bond motifs is 1. The summed E-state index contributed by atoms with van der Waals surface area (Å²) in [6.07, 6.45) is 2.34. The number of carbonyl (C=O) groups is 2. The Morgan fingerprint density at radius 1 is 0.925 bits per heavy atom. The molecule has 1 saturated carbocycles. The van der Waals surface area contributed by atoms with E-state index in [4.69, 9.17) is 8.94 Å². The molecule has 0 aliphatic heterocycles. The zero-order chi connectivity index (χ0) is 28.2. The molecule has 0 N–H and O–H groups in total. The molecule has 2 heterocycles. The van der Waals surface area contributed by atoms with E-state index in [1.165, 1.54) is 12.1 Å². The highest BCUT2D eigenvalue weighted by Crippen LogP contribution is 2.50. The van der Waals surface area contributed by atoms with Gasteiger partial charge in [0, 0.05) is 41.7 Å². The summed E-state index contributed by atoms with van der Waals surface area (Å²) in [5, 5.41) is 4.79. The Balaban J connectivity index is 1.41. The molecule has 0 atom stereocenters. The minimum Gasteiger partial charge on any atom is -0.455 e.